The first-order valence-corrected chi connectivity index (χ1v) is 2.94. The van der Waals surface area contributed by atoms with Crippen LogP contribution in [0.3, 0.4) is 0 Å². The van der Waals surface area contributed by atoms with Crippen molar-refractivity contribution in [1.29, 1.82) is 0 Å². The molecular weight excluding hydrogens is 169 g/mol. The van der Waals surface area contributed by atoms with Gasteiger partial charge >= 0.3 is 6.30 Å². The van der Waals surface area contributed by atoms with Crippen molar-refractivity contribution in [1.82, 2.24) is 4.90 Å². The fraction of sp³-hybridized carbons (Fsp3) is 0.750. The molecule has 0 radical (unpaired) electrons. The minimum absolute atomic E-state index is 0.144. The van der Waals surface area contributed by atoms with Crippen LogP contribution >= 0.6 is 11.6 Å². The Hall–Kier alpha value is -0.450. The van der Waals surface area contributed by atoms with E-state index in [9.17, 15) is 13.2 Å². The van der Waals surface area contributed by atoms with Gasteiger partial charge in [-0.2, -0.15) is 13.2 Å². The van der Waals surface area contributed by atoms with Gasteiger partial charge < -0.3 is 0 Å². The van der Waals surface area contributed by atoms with Crippen LogP contribution in [0.25, 0.3) is 0 Å². The summed E-state index contributed by atoms with van der Waals surface area (Å²) in [5.74, 6) is 0. The van der Waals surface area contributed by atoms with Gasteiger partial charge in [-0.05, 0) is 0 Å². The summed E-state index contributed by atoms with van der Waals surface area (Å²) in [5.41, 5.74) is -0.762. The highest BCUT2D eigenvalue weighted by atomic mass is 35.5. The maximum Gasteiger partial charge on any atom is 0.485 e. The van der Waals surface area contributed by atoms with Crippen LogP contribution in [0.4, 0.5) is 13.2 Å². The molecule has 1 rings (SSSR count). The molecule has 0 amide bonds. The van der Waals surface area contributed by atoms with E-state index in [2.05, 4.69) is 4.99 Å². The van der Waals surface area contributed by atoms with Crippen LogP contribution in [-0.4, -0.2) is 29.6 Å². The molecule has 1 heterocycles. The Morgan fingerprint density at radius 2 is 2.20 bits per heavy atom. The summed E-state index contributed by atoms with van der Waals surface area (Å²) in [5, 5.41) is 0. The molecule has 58 valence electrons. The van der Waals surface area contributed by atoms with Gasteiger partial charge in [0.15, 0.2) is 0 Å². The predicted octanol–water partition coefficient (Wildman–Crippen LogP) is 1.41. The van der Waals surface area contributed by atoms with Crippen molar-refractivity contribution in [2.75, 3.05) is 6.54 Å². The zero-order valence-electron chi connectivity index (χ0n) is 4.77. The lowest BCUT2D eigenvalue weighted by Gasteiger charge is -2.17. The Morgan fingerprint density at radius 3 is 2.40 bits per heavy atom. The molecule has 0 aromatic rings. The maximum atomic E-state index is 11.7. The zero-order valence-corrected chi connectivity index (χ0v) is 5.52. The van der Waals surface area contributed by atoms with E-state index < -0.39 is 11.8 Å². The van der Waals surface area contributed by atoms with Gasteiger partial charge in [0.2, 0.25) is 0 Å². The van der Waals surface area contributed by atoms with Gasteiger partial charge in [-0.25, -0.2) is 0 Å². The molecule has 6 heteroatoms. The van der Waals surface area contributed by atoms with Crippen molar-refractivity contribution in [2.45, 2.75) is 11.8 Å². The lowest BCUT2D eigenvalue weighted by Crippen LogP contribution is -2.36. The SMILES string of the molecule is FC(F)(F)N1C=NC(Cl)C1. The fourth-order valence-electron chi connectivity index (χ4n) is 0.578. The Morgan fingerprint density at radius 1 is 1.60 bits per heavy atom. The Labute approximate surface area is 60.3 Å². The molecule has 1 unspecified atom stereocenters. The van der Waals surface area contributed by atoms with Gasteiger partial charge in [0.05, 0.1) is 12.9 Å². The smallest absolute Gasteiger partial charge is 0.271 e. The van der Waals surface area contributed by atoms with Gasteiger partial charge in [-0.1, -0.05) is 11.6 Å². The fourth-order valence-corrected chi connectivity index (χ4v) is 0.777. The van der Waals surface area contributed by atoms with E-state index in [1.54, 1.807) is 0 Å². The van der Waals surface area contributed by atoms with Crippen LogP contribution in [-0.2, 0) is 0 Å². The summed E-state index contributed by atoms with van der Waals surface area (Å²) < 4.78 is 35.1. The van der Waals surface area contributed by atoms with E-state index in [1.165, 1.54) is 0 Å². The lowest BCUT2D eigenvalue weighted by molar-refractivity contribution is -0.212. The first-order chi connectivity index (χ1) is 4.50. The summed E-state index contributed by atoms with van der Waals surface area (Å²) in [4.78, 5) is 3.47. The van der Waals surface area contributed by atoms with Crippen LogP contribution in [0.2, 0.25) is 0 Å². The summed E-state index contributed by atoms with van der Waals surface area (Å²) in [7, 11) is 0. The molecule has 0 saturated heterocycles. The summed E-state index contributed by atoms with van der Waals surface area (Å²) in [6.45, 7) is -0.287. The number of aliphatic imine (C=N–C) groups is 1. The third kappa shape index (κ3) is 1.53. The van der Waals surface area contributed by atoms with Crippen LogP contribution in [0.1, 0.15) is 0 Å². The number of alkyl halides is 4. The molecule has 0 aromatic carbocycles. The molecule has 10 heavy (non-hydrogen) atoms. The first-order valence-electron chi connectivity index (χ1n) is 2.51. The van der Waals surface area contributed by atoms with Crippen molar-refractivity contribution in [3.8, 4) is 0 Å². The number of rotatable bonds is 0. The van der Waals surface area contributed by atoms with Gasteiger partial charge in [-0.3, -0.25) is 9.89 Å². The largest absolute Gasteiger partial charge is 0.485 e. The quantitative estimate of drug-likeness (QED) is 0.399. The third-order valence-corrected chi connectivity index (χ3v) is 1.29. The summed E-state index contributed by atoms with van der Waals surface area (Å²) >= 11 is 5.27. The highest BCUT2D eigenvalue weighted by Crippen LogP contribution is 2.23. The molecule has 0 saturated carbocycles. The van der Waals surface area contributed by atoms with E-state index in [4.69, 9.17) is 11.6 Å². The molecule has 2 nitrogen and oxygen atoms in total. The van der Waals surface area contributed by atoms with Crippen LogP contribution in [0.15, 0.2) is 4.99 Å². The average molecular weight is 173 g/mol. The monoisotopic (exact) mass is 172 g/mol. The third-order valence-electron chi connectivity index (χ3n) is 1.04. The molecule has 0 N–H and O–H groups in total. The number of halogens is 4. The first kappa shape index (κ1) is 7.65. The average Bonchev–Trinajstić information content (AvgIpc) is 2.11. The van der Waals surface area contributed by atoms with Crippen LogP contribution in [0, 0.1) is 0 Å². The van der Waals surface area contributed by atoms with Gasteiger partial charge in [0.1, 0.15) is 5.50 Å². The van der Waals surface area contributed by atoms with E-state index >= 15 is 0 Å². The van der Waals surface area contributed by atoms with Crippen molar-refractivity contribution < 1.29 is 13.2 Å². The molecule has 0 bridgehead atoms. The van der Waals surface area contributed by atoms with Crippen molar-refractivity contribution in [3.63, 3.8) is 0 Å². The van der Waals surface area contributed by atoms with E-state index in [-0.39, 0.29) is 11.4 Å². The molecule has 1 aliphatic rings. The highest BCUT2D eigenvalue weighted by Gasteiger charge is 2.38. The van der Waals surface area contributed by atoms with Crippen molar-refractivity contribution in [3.05, 3.63) is 0 Å². The van der Waals surface area contributed by atoms with Gasteiger partial charge in [-0.15, -0.1) is 0 Å². The van der Waals surface area contributed by atoms with Crippen molar-refractivity contribution >= 4 is 17.9 Å². The van der Waals surface area contributed by atoms with Crippen LogP contribution < -0.4 is 0 Å². The Bertz CT molecular complexity index is 155. The van der Waals surface area contributed by atoms with Gasteiger partial charge in [0, 0.05) is 0 Å². The van der Waals surface area contributed by atoms with E-state index in [1.807, 2.05) is 0 Å². The maximum absolute atomic E-state index is 11.7. The molecule has 0 aliphatic carbocycles. The molecule has 1 aliphatic heterocycles. The molecule has 0 fully saturated rings. The van der Waals surface area contributed by atoms with Gasteiger partial charge in [0.25, 0.3) is 0 Å². The Balaban J connectivity index is 2.55. The minimum atomic E-state index is -4.34. The topological polar surface area (TPSA) is 15.6 Å². The Kier molecular flexibility index (Phi) is 1.76. The number of hydrogen-bond donors (Lipinski definition) is 0. The van der Waals surface area contributed by atoms with Crippen LogP contribution in [0.5, 0.6) is 0 Å². The highest BCUT2D eigenvalue weighted by molar-refractivity contribution is 6.21. The second-order valence-electron chi connectivity index (χ2n) is 1.82. The molecule has 1 atom stereocenters. The molecule has 0 spiro atoms. The molecular formula is C4H4ClF3N2. The summed E-state index contributed by atoms with van der Waals surface area (Å²) in [6, 6.07) is 0. The summed E-state index contributed by atoms with van der Waals surface area (Å²) in [6.07, 6.45) is -3.63. The lowest BCUT2D eigenvalue weighted by atomic mass is 10.6. The zero-order chi connectivity index (χ0) is 7.78. The standard InChI is InChI=1S/C4H4ClF3N2/c5-3-1-10(2-9-3)4(6,7)8/h2-3H,1H2. The number of nitrogens with zero attached hydrogens (tertiary/aromatic N) is 2. The minimum Gasteiger partial charge on any atom is -0.271 e. The normalized spacial score (nSPS) is 26.0. The molecule has 0 aromatic heterocycles. The van der Waals surface area contributed by atoms with E-state index in [0.29, 0.717) is 6.34 Å². The predicted molar refractivity (Wildman–Crippen MR) is 30.9 cm³/mol. The second-order valence-corrected chi connectivity index (χ2v) is 2.32. The second kappa shape index (κ2) is 2.30. The number of hydrogen-bond acceptors (Lipinski definition) is 2. The van der Waals surface area contributed by atoms with Crippen molar-refractivity contribution in [2.24, 2.45) is 4.99 Å². The van der Waals surface area contributed by atoms with E-state index in [0.717, 1.165) is 0 Å².